The van der Waals surface area contributed by atoms with E-state index in [9.17, 15) is 19.7 Å². The van der Waals surface area contributed by atoms with Gasteiger partial charge in [-0.15, -0.1) is 0 Å². The normalized spacial score (nSPS) is 13.1. The van der Waals surface area contributed by atoms with Crippen LogP contribution in [0.25, 0.3) is 0 Å². The van der Waals surface area contributed by atoms with Gasteiger partial charge in [0.25, 0.3) is 11.6 Å². The van der Waals surface area contributed by atoms with Gasteiger partial charge < -0.3 is 9.64 Å². The Labute approximate surface area is 150 Å². The second-order valence-corrected chi connectivity index (χ2v) is 6.11. The largest absolute Gasteiger partial charge is 0.465 e. The van der Waals surface area contributed by atoms with E-state index >= 15 is 0 Å². The number of nitro benzene ring substituents is 1. The number of hydrogen-bond donors (Lipinski definition) is 0. The van der Waals surface area contributed by atoms with Gasteiger partial charge in [0.1, 0.15) is 0 Å². The fraction of sp³-hybridized carbons (Fsp3) is 0.263. The first-order valence-electron chi connectivity index (χ1n) is 8.21. The zero-order chi connectivity index (χ0) is 18.8. The second-order valence-electron chi connectivity index (χ2n) is 6.11. The van der Waals surface area contributed by atoms with Crippen molar-refractivity contribution in [1.82, 2.24) is 0 Å². The van der Waals surface area contributed by atoms with Gasteiger partial charge in [0, 0.05) is 29.4 Å². The van der Waals surface area contributed by atoms with E-state index in [1.165, 1.54) is 13.2 Å². The number of aryl methyl sites for hydroxylation is 1. The molecule has 2 aromatic carbocycles. The van der Waals surface area contributed by atoms with Crippen molar-refractivity contribution in [2.75, 3.05) is 18.6 Å². The summed E-state index contributed by atoms with van der Waals surface area (Å²) in [6.45, 7) is 2.11. The molecular weight excluding hydrogens is 336 g/mol. The lowest BCUT2D eigenvalue weighted by molar-refractivity contribution is -0.385. The molecule has 1 aliphatic rings. The summed E-state index contributed by atoms with van der Waals surface area (Å²) in [6, 6.07) is 9.62. The van der Waals surface area contributed by atoms with Crippen molar-refractivity contribution in [1.29, 1.82) is 0 Å². The minimum absolute atomic E-state index is 0.0867. The maximum absolute atomic E-state index is 13.0. The molecule has 0 unspecified atom stereocenters. The number of anilines is 1. The lowest BCUT2D eigenvalue weighted by Crippen LogP contribution is -2.36. The molecule has 0 aliphatic carbocycles. The van der Waals surface area contributed by atoms with Gasteiger partial charge in [0.15, 0.2) is 0 Å². The SMILES string of the molecule is COC(=O)c1cccc2c1CCCN2C(=O)c1ccc(C)c([N+](=O)[O-])c1. The summed E-state index contributed by atoms with van der Waals surface area (Å²) >= 11 is 0. The third-order valence-electron chi connectivity index (χ3n) is 4.55. The Morgan fingerprint density at radius 2 is 2.00 bits per heavy atom. The molecule has 7 nitrogen and oxygen atoms in total. The minimum atomic E-state index is -0.494. The number of benzene rings is 2. The Bertz CT molecular complexity index is 907. The fourth-order valence-electron chi connectivity index (χ4n) is 3.23. The van der Waals surface area contributed by atoms with Crippen LogP contribution in [0.5, 0.6) is 0 Å². The number of carbonyl (C=O) groups excluding carboxylic acids is 2. The van der Waals surface area contributed by atoms with Crippen molar-refractivity contribution in [2.24, 2.45) is 0 Å². The molecule has 0 spiro atoms. The molecule has 0 saturated carbocycles. The van der Waals surface area contributed by atoms with Crippen molar-refractivity contribution in [3.05, 3.63) is 68.8 Å². The van der Waals surface area contributed by atoms with Crippen molar-refractivity contribution in [3.63, 3.8) is 0 Å². The lowest BCUT2D eigenvalue weighted by atomic mass is 9.95. The molecule has 1 amide bonds. The highest BCUT2D eigenvalue weighted by Crippen LogP contribution is 2.32. The second kappa shape index (κ2) is 6.95. The lowest BCUT2D eigenvalue weighted by Gasteiger charge is -2.30. The summed E-state index contributed by atoms with van der Waals surface area (Å²) in [5.74, 6) is -0.766. The number of fused-ring (bicyclic) bond motifs is 1. The molecule has 0 atom stereocenters. The first kappa shape index (κ1) is 17.6. The van der Waals surface area contributed by atoms with Crippen LogP contribution in [0.1, 0.15) is 38.3 Å². The van der Waals surface area contributed by atoms with Crippen LogP contribution in [0, 0.1) is 17.0 Å². The zero-order valence-corrected chi connectivity index (χ0v) is 14.5. The van der Waals surface area contributed by atoms with Crippen molar-refractivity contribution in [2.45, 2.75) is 19.8 Å². The molecule has 0 N–H and O–H groups in total. The molecule has 134 valence electrons. The Morgan fingerprint density at radius 1 is 1.23 bits per heavy atom. The molecule has 0 radical (unpaired) electrons. The number of amides is 1. The van der Waals surface area contributed by atoms with E-state index < -0.39 is 10.9 Å². The van der Waals surface area contributed by atoms with Gasteiger partial charge in [-0.1, -0.05) is 12.1 Å². The number of hydrogen-bond acceptors (Lipinski definition) is 5. The summed E-state index contributed by atoms with van der Waals surface area (Å²) in [4.78, 5) is 37.2. The van der Waals surface area contributed by atoms with Crippen LogP contribution in [0.15, 0.2) is 36.4 Å². The number of ether oxygens (including phenoxy) is 1. The van der Waals surface area contributed by atoms with E-state index in [0.717, 1.165) is 5.56 Å². The smallest absolute Gasteiger partial charge is 0.338 e. The van der Waals surface area contributed by atoms with Gasteiger partial charge in [0.2, 0.25) is 0 Å². The Morgan fingerprint density at radius 3 is 2.69 bits per heavy atom. The molecule has 0 saturated heterocycles. The molecule has 1 aliphatic heterocycles. The third-order valence-corrected chi connectivity index (χ3v) is 4.55. The van der Waals surface area contributed by atoms with E-state index in [2.05, 4.69) is 0 Å². The number of esters is 1. The Balaban J connectivity index is 2.03. The predicted octanol–water partition coefficient (Wildman–Crippen LogP) is 3.28. The molecule has 2 aromatic rings. The first-order chi connectivity index (χ1) is 12.4. The van der Waals surface area contributed by atoms with Crippen molar-refractivity contribution < 1.29 is 19.2 Å². The molecule has 7 heteroatoms. The summed E-state index contributed by atoms with van der Waals surface area (Å²) in [5, 5.41) is 11.2. The van der Waals surface area contributed by atoms with Crippen LogP contribution < -0.4 is 4.90 Å². The van der Waals surface area contributed by atoms with Crippen LogP contribution >= 0.6 is 0 Å². The third kappa shape index (κ3) is 3.03. The van der Waals surface area contributed by atoms with E-state index in [4.69, 9.17) is 4.74 Å². The minimum Gasteiger partial charge on any atom is -0.465 e. The molecule has 0 bridgehead atoms. The number of methoxy groups -OCH3 is 1. The van der Waals surface area contributed by atoms with Gasteiger partial charge >= 0.3 is 5.97 Å². The number of nitrogens with zero attached hydrogens (tertiary/aromatic N) is 2. The standard InChI is InChI=1S/C19H18N2O5/c1-12-8-9-13(11-17(12)21(24)25)18(22)20-10-4-6-14-15(19(23)26-2)5-3-7-16(14)20/h3,5,7-9,11H,4,6,10H2,1-2H3. The van der Waals surface area contributed by atoms with Gasteiger partial charge in [-0.05, 0) is 43.5 Å². The summed E-state index contributed by atoms with van der Waals surface area (Å²) in [7, 11) is 1.32. The molecular formula is C19H18N2O5. The van der Waals surface area contributed by atoms with Crippen LogP contribution in [-0.4, -0.2) is 30.5 Å². The highest BCUT2D eigenvalue weighted by atomic mass is 16.6. The molecule has 0 aromatic heterocycles. The Kier molecular flexibility index (Phi) is 4.71. The van der Waals surface area contributed by atoms with Gasteiger partial charge in [-0.3, -0.25) is 14.9 Å². The number of carbonyl (C=O) groups is 2. The maximum Gasteiger partial charge on any atom is 0.338 e. The molecule has 3 rings (SSSR count). The van der Waals surface area contributed by atoms with Crippen LogP contribution in [0.3, 0.4) is 0 Å². The average molecular weight is 354 g/mol. The average Bonchev–Trinajstić information content (AvgIpc) is 2.66. The number of nitro groups is 1. The molecule has 26 heavy (non-hydrogen) atoms. The number of rotatable bonds is 3. The van der Waals surface area contributed by atoms with Crippen molar-refractivity contribution in [3.8, 4) is 0 Å². The predicted molar refractivity (Wildman–Crippen MR) is 95.6 cm³/mol. The zero-order valence-electron chi connectivity index (χ0n) is 14.5. The van der Waals surface area contributed by atoms with E-state index in [1.807, 2.05) is 0 Å². The van der Waals surface area contributed by atoms with Crippen LogP contribution in [-0.2, 0) is 11.2 Å². The Hall–Kier alpha value is -3.22. The molecule has 0 fully saturated rings. The molecule has 1 heterocycles. The van der Waals surface area contributed by atoms with Gasteiger partial charge in [0.05, 0.1) is 17.6 Å². The summed E-state index contributed by atoms with van der Waals surface area (Å²) < 4.78 is 4.82. The highest BCUT2D eigenvalue weighted by Gasteiger charge is 2.28. The topological polar surface area (TPSA) is 89.8 Å². The highest BCUT2D eigenvalue weighted by molar-refractivity contribution is 6.08. The fourth-order valence-corrected chi connectivity index (χ4v) is 3.23. The van der Waals surface area contributed by atoms with E-state index in [0.29, 0.717) is 36.2 Å². The van der Waals surface area contributed by atoms with Crippen LogP contribution in [0.4, 0.5) is 11.4 Å². The van der Waals surface area contributed by atoms with Gasteiger partial charge in [-0.25, -0.2) is 4.79 Å². The van der Waals surface area contributed by atoms with E-state index in [-0.39, 0.29) is 17.2 Å². The van der Waals surface area contributed by atoms with Gasteiger partial charge in [-0.2, -0.15) is 0 Å². The van der Waals surface area contributed by atoms with E-state index in [1.54, 1.807) is 42.2 Å². The maximum atomic E-state index is 13.0. The quantitative estimate of drug-likeness (QED) is 0.479. The summed E-state index contributed by atoms with van der Waals surface area (Å²) in [5.41, 5.74) is 2.51. The van der Waals surface area contributed by atoms with Crippen LogP contribution in [0.2, 0.25) is 0 Å². The summed E-state index contributed by atoms with van der Waals surface area (Å²) in [6.07, 6.45) is 1.36. The first-order valence-corrected chi connectivity index (χ1v) is 8.21. The van der Waals surface area contributed by atoms with Crippen molar-refractivity contribution >= 4 is 23.3 Å². The monoisotopic (exact) mass is 354 g/mol.